The Kier molecular flexibility index (Phi) is 6.98. The number of morpholine rings is 1. The monoisotopic (exact) mass is 589 g/mol. The van der Waals surface area contributed by atoms with Crippen LogP contribution in [-0.2, 0) is 24.6 Å². The smallest absolute Gasteiger partial charge is 0.243 e. The Bertz CT molecular complexity index is 1620. The van der Waals surface area contributed by atoms with Gasteiger partial charge in [-0.1, -0.05) is 11.3 Å². The fourth-order valence-electron chi connectivity index (χ4n) is 5.14. The number of hydrogen-bond donors (Lipinski definition) is 1. The molecule has 3 saturated heterocycles. The van der Waals surface area contributed by atoms with Crippen molar-refractivity contribution >= 4 is 46.5 Å². The number of nitriles is 1. The molecule has 3 fully saturated rings. The van der Waals surface area contributed by atoms with Crippen LogP contribution in [0.25, 0.3) is 10.2 Å². The van der Waals surface area contributed by atoms with E-state index < -0.39 is 19.9 Å². The summed E-state index contributed by atoms with van der Waals surface area (Å²) in [5.41, 5.74) is 1.18. The highest BCUT2D eigenvalue weighted by Crippen LogP contribution is 2.33. The lowest BCUT2D eigenvalue weighted by Crippen LogP contribution is -2.55. The van der Waals surface area contributed by atoms with Gasteiger partial charge in [0.05, 0.1) is 70.6 Å². The summed E-state index contributed by atoms with van der Waals surface area (Å²) in [7, 11) is -6.89. The van der Waals surface area contributed by atoms with E-state index in [9.17, 15) is 16.8 Å². The van der Waals surface area contributed by atoms with Crippen molar-refractivity contribution in [2.75, 3.05) is 56.2 Å². The van der Waals surface area contributed by atoms with Crippen LogP contribution in [0.1, 0.15) is 5.56 Å². The van der Waals surface area contributed by atoms with Crippen LogP contribution in [0.2, 0.25) is 0 Å². The topological polar surface area (TPSA) is 142 Å². The standard InChI is InChI=1S/C25H27N5O6S3/c26-12-17-1-3-18(4-2-17)36-19-13-30(14-19)39(33,34)20-5-6-21-24(11-20)37-25(27-21)28-22-15-38(31,32)16-23(22)29-7-9-35-10-8-29/h1-6,11,19,22-23H,7-10,13-16H2,(H,27,28). The van der Waals surface area contributed by atoms with E-state index in [1.807, 2.05) is 0 Å². The average molecular weight is 590 g/mol. The molecule has 0 bridgehead atoms. The molecule has 39 heavy (non-hydrogen) atoms. The van der Waals surface area contributed by atoms with Crippen LogP contribution in [0.5, 0.6) is 5.75 Å². The van der Waals surface area contributed by atoms with Crippen LogP contribution in [-0.4, -0.2) is 100 Å². The molecule has 2 atom stereocenters. The van der Waals surface area contributed by atoms with Crippen molar-refractivity contribution < 1.29 is 26.3 Å². The number of nitrogens with zero attached hydrogens (tertiary/aromatic N) is 4. The molecule has 3 aliphatic rings. The molecule has 14 heteroatoms. The van der Waals surface area contributed by atoms with Crippen molar-refractivity contribution in [1.29, 1.82) is 5.26 Å². The van der Waals surface area contributed by atoms with Gasteiger partial charge in [0.1, 0.15) is 11.9 Å². The third-order valence-corrected chi connectivity index (χ3v) is 11.7. The van der Waals surface area contributed by atoms with E-state index >= 15 is 0 Å². The molecule has 6 rings (SSSR count). The summed E-state index contributed by atoms with van der Waals surface area (Å²) in [4.78, 5) is 6.94. The second-order valence-corrected chi connectivity index (χ2v) is 15.0. The molecule has 1 N–H and O–H groups in total. The summed E-state index contributed by atoms with van der Waals surface area (Å²) in [6, 6.07) is 13.1. The third-order valence-electron chi connectivity index (χ3n) is 7.24. The molecule has 0 spiro atoms. The van der Waals surface area contributed by atoms with Gasteiger partial charge >= 0.3 is 0 Å². The lowest BCUT2D eigenvalue weighted by molar-refractivity contribution is 0.0199. The Balaban J connectivity index is 1.13. The predicted molar refractivity (Wildman–Crippen MR) is 146 cm³/mol. The fraction of sp³-hybridized carbons (Fsp3) is 0.440. The van der Waals surface area contributed by atoms with Crippen molar-refractivity contribution in [2.24, 2.45) is 0 Å². The van der Waals surface area contributed by atoms with E-state index in [2.05, 4.69) is 21.3 Å². The van der Waals surface area contributed by atoms with Crippen molar-refractivity contribution in [2.45, 2.75) is 23.1 Å². The molecule has 0 radical (unpaired) electrons. The normalized spacial score (nSPS) is 24.3. The van der Waals surface area contributed by atoms with Gasteiger partial charge in [0.25, 0.3) is 0 Å². The summed E-state index contributed by atoms with van der Waals surface area (Å²) in [6.45, 7) is 3.01. The zero-order valence-corrected chi connectivity index (χ0v) is 23.3. The fourth-order valence-corrected chi connectivity index (χ4v) is 9.67. The number of aromatic nitrogens is 1. The van der Waals surface area contributed by atoms with Crippen LogP contribution in [0, 0.1) is 11.3 Å². The summed E-state index contributed by atoms with van der Waals surface area (Å²) < 4.78 is 64.7. The average Bonchev–Trinajstić information content (AvgIpc) is 3.45. The Hall–Kier alpha value is -2.80. The second kappa shape index (κ2) is 10.3. The zero-order valence-electron chi connectivity index (χ0n) is 20.9. The Morgan fingerprint density at radius 3 is 2.56 bits per heavy atom. The summed E-state index contributed by atoms with van der Waals surface area (Å²) in [6.07, 6.45) is -0.266. The number of nitrogens with one attached hydrogen (secondary N) is 1. The quantitative estimate of drug-likeness (QED) is 0.431. The van der Waals surface area contributed by atoms with Crippen molar-refractivity contribution in [3.05, 3.63) is 48.0 Å². The van der Waals surface area contributed by atoms with E-state index in [0.717, 1.165) is 0 Å². The molecule has 3 aromatic rings. The Labute approximate surface area is 230 Å². The maximum absolute atomic E-state index is 13.2. The molecular formula is C25H27N5O6S3. The largest absolute Gasteiger partial charge is 0.488 e. The number of benzene rings is 2. The Morgan fingerprint density at radius 2 is 1.85 bits per heavy atom. The number of rotatable bonds is 7. The number of hydrogen-bond acceptors (Lipinski definition) is 11. The summed E-state index contributed by atoms with van der Waals surface area (Å²) in [5.74, 6) is 0.725. The van der Waals surface area contributed by atoms with E-state index in [-0.39, 0.29) is 47.7 Å². The van der Waals surface area contributed by atoms with Crippen LogP contribution in [0.4, 0.5) is 5.13 Å². The maximum atomic E-state index is 13.2. The van der Waals surface area contributed by atoms with E-state index in [4.69, 9.17) is 14.7 Å². The number of sulfone groups is 1. The van der Waals surface area contributed by atoms with Gasteiger partial charge in [-0.3, -0.25) is 4.90 Å². The van der Waals surface area contributed by atoms with Gasteiger partial charge in [-0.2, -0.15) is 9.57 Å². The highest BCUT2D eigenvalue weighted by Gasteiger charge is 2.42. The van der Waals surface area contributed by atoms with Gasteiger partial charge in [-0.05, 0) is 42.5 Å². The number of ether oxygens (including phenoxy) is 2. The van der Waals surface area contributed by atoms with Crippen LogP contribution >= 0.6 is 11.3 Å². The summed E-state index contributed by atoms with van der Waals surface area (Å²) in [5, 5.41) is 12.8. The molecule has 4 heterocycles. The predicted octanol–water partition coefficient (Wildman–Crippen LogP) is 1.53. The van der Waals surface area contributed by atoms with E-state index in [0.29, 0.717) is 53.0 Å². The molecule has 0 amide bonds. The van der Waals surface area contributed by atoms with Crippen LogP contribution < -0.4 is 10.1 Å². The lowest BCUT2D eigenvalue weighted by Gasteiger charge is -2.37. The number of thiazole rings is 1. The van der Waals surface area contributed by atoms with Crippen molar-refractivity contribution in [3.8, 4) is 11.8 Å². The SMILES string of the molecule is N#Cc1ccc(OC2CN(S(=O)(=O)c3ccc4nc(NC5CS(=O)(=O)CC5N5CCOCC5)sc4c3)C2)cc1. The van der Waals surface area contributed by atoms with Gasteiger partial charge in [0.15, 0.2) is 15.0 Å². The third kappa shape index (κ3) is 5.47. The van der Waals surface area contributed by atoms with Crippen molar-refractivity contribution in [3.63, 3.8) is 0 Å². The number of anilines is 1. The van der Waals surface area contributed by atoms with Gasteiger partial charge in [0, 0.05) is 19.1 Å². The molecule has 2 unspecified atom stereocenters. The Morgan fingerprint density at radius 1 is 1.10 bits per heavy atom. The van der Waals surface area contributed by atoms with Gasteiger partial charge in [0.2, 0.25) is 10.0 Å². The molecule has 0 aliphatic carbocycles. The lowest BCUT2D eigenvalue weighted by atomic mass is 10.1. The highest BCUT2D eigenvalue weighted by molar-refractivity contribution is 7.91. The molecule has 0 saturated carbocycles. The number of fused-ring (bicyclic) bond motifs is 1. The first kappa shape index (κ1) is 26.4. The maximum Gasteiger partial charge on any atom is 0.243 e. The zero-order chi connectivity index (χ0) is 27.2. The van der Waals surface area contributed by atoms with Gasteiger partial charge in [-0.15, -0.1) is 0 Å². The molecule has 11 nitrogen and oxygen atoms in total. The van der Waals surface area contributed by atoms with Crippen molar-refractivity contribution in [1.82, 2.24) is 14.2 Å². The number of sulfonamides is 1. The van der Waals surface area contributed by atoms with E-state index in [1.165, 1.54) is 15.6 Å². The minimum Gasteiger partial charge on any atom is -0.488 e. The minimum atomic E-state index is -3.71. The highest BCUT2D eigenvalue weighted by atomic mass is 32.2. The van der Waals surface area contributed by atoms with Gasteiger partial charge in [-0.25, -0.2) is 21.8 Å². The van der Waals surface area contributed by atoms with E-state index in [1.54, 1.807) is 42.5 Å². The minimum absolute atomic E-state index is 0.0330. The summed E-state index contributed by atoms with van der Waals surface area (Å²) >= 11 is 1.32. The first-order valence-electron chi connectivity index (χ1n) is 12.6. The first-order valence-corrected chi connectivity index (χ1v) is 16.6. The molecular weight excluding hydrogens is 563 g/mol. The van der Waals surface area contributed by atoms with Gasteiger partial charge < -0.3 is 14.8 Å². The first-order chi connectivity index (χ1) is 18.7. The molecule has 206 valence electrons. The van der Waals surface area contributed by atoms with Crippen LogP contribution in [0.3, 0.4) is 0 Å². The second-order valence-electron chi connectivity index (χ2n) is 9.89. The molecule has 3 aliphatic heterocycles. The van der Waals surface area contributed by atoms with Crippen LogP contribution in [0.15, 0.2) is 47.4 Å². The molecule has 1 aromatic heterocycles. The molecule has 2 aromatic carbocycles.